The molecule has 34 heavy (non-hydrogen) atoms. The second-order valence-electron chi connectivity index (χ2n) is 8.14. The van der Waals surface area contributed by atoms with E-state index in [1.807, 2.05) is 0 Å². The summed E-state index contributed by atoms with van der Waals surface area (Å²) in [7, 11) is 1.55. The first-order valence-corrected chi connectivity index (χ1v) is 10.4. The van der Waals surface area contributed by atoms with E-state index in [9.17, 15) is 27.2 Å². The van der Waals surface area contributed by atoms with Crippen molar-refractivity contribution >= 4 is 10.9 Å². The largest absolute Gasteiger partial charge is 0.455 e. The zero-order valence-electron chi connectivity index (χ0n) is 18.6. The molecular formula is C24H21F4N3O3. The predicted octanol–water partition coefficient (Wildman–Crippen LogP) is 5.20. The van der Waals surface area contributed by atoms with Crippen molar-refractivity contribution in [2.45, 2.75) is 33.0 Å². The molecule has 0 bridgehead atoms. The Morgan fingerprint density at radius 2 is 1.71 bits per heavy atom. The van der Waals surface area contributed by atoms with Crippen LogP contribution < -0.4 is 15.9 Å². The molecule has 3 aromatic heterocycles. The van der Waals surface area contributed by atoms with Gasteiger partial charge >= 0.3 is 6.18 Å². The number of fused-ring (bicyclic) bond motifs is 1. The van der Waals surface area contributed by atoms with Gasteiger partial charge in [-0.15, -0.1) is 0 Å². The summed E-state index contributed by atoms with van der Waals surface area (Å²) in [6.07, 6.45) is -1.31. The minimum absolute atomic E-state index is 0.0979. The highest BCUT2D eigenvalue weighted by Crippen LogP contribution is 2.37. The molecule has 6 nitrogen and oxygen atoms in total. The third kappa shape index (κ3) is 4.48. The molecule has 4 rings (SSSR count). The Morgan fingerprint density at radius 3 is 2.35 bits per heavy atom. The van der Waals surface area contributed by atoms with E-state index in [1.165, 1.54) is 35.2 Å². The number of aromatic amines is 1. The lowest BCUT2D eigenvalue weighted by atomic mass is 10.0. The van der Waals surface area contributed by atoms with E-state index in [-0.39, 0.29) is 16.9 Å². The van der Waals surface area contributed by atoms with Crippen molar-refractivity contribution in [1.82, 2.24) is 14.1 Å². The number of rotatable bonds is 5. The number of alkyl halides is 3. The van der Waals surface area contributed by atoms with Crippen molar-refractivity contribution in [3.8, 4) is 22.6 Å². The van der Waals surface area contributed by atoms with Crippen LogP contribution in [0.4, 0.5) is 17.6 Å². The smallest absolute Gasteiger partial charge is 0.390 e. The normalized spacial score (nSPS) is 11.9. The van der Waals surface area contributed by atoms with Gasteiger partial charge in [-0.25, -0.2) is 4.39 Å². The molecule has 0 aliphatic carbocycles. The van der Waals surface area contributed by atoms with E-state index in [2.05, 4.69) is 4.98 Å². The molecule has 10 heteroatoms. The lowest BCUT2D eigenvalue weighted by Gasteiger charge is -2.18. The van der Waals surface area contributed by atoms with Crippen LogP contribution in [-0.4, -0.2) is 20.3 Å². The standard InChI is InChI=1S/C24H21F4N3O3/c1-13-8-15(25)9-14(2)22(13)34-19-12-31(7-5-24(26,27)28)20(32)10-17(19)18-11-30(3)23(33)21-16(18)4-6-29-21/h4,6,8-12,29H,5,7H2,1-3H3. The van der Waals surface area contributed by atoms with Gasteiger partial charge in [-0.3, -0.25) is 9.59 Å². The molecule has 0 amide bonds. The second-order valence-corrected chi connectivity index (χ2v) is 8.14. The van der Waals surface area contributed by atoms with Gasteiger partial charge in [0, 0.05) is 48.6 Å². The van der Waals surface area contributed by atoms with Gasteiger partial charge in [0.15, 0.2) is 5.75 Å². The summed E-state index contributed by atoms with van der Waals surface area (Å²) >= 11 is 0. The number of ether oxygens (including phenoxy) is 1. The zero-order chi connectivity index (χ0) is 24.8. The third-order valence-corrected chi connectivity index (χ3v) is 5.55. The van der Waals surface area contributed by atoms with Crippen molar-refractivity contribution in [2.24, 2.45) is 7.05 Å². The van der Waals surface area contributed by atoms with Gasteiger partial charge in [0.05, 0.1) is 12.6 Å². The Kier molecular flexibility index (Phi) is 5.84. The van der Waals surface area contributed by atoms with Gasteiger partial charge < -0.3 is 18.9 Å². The molecule has 0 saturated heterocycles. The fraction of sp³-hybridized carbons (Fsp3) is 0.250. The molecule has 0 spiro atoms. The van der Waals surface area contributed by atoms with E-state index in [1.54, 1.807) is 33.2 Å². The molecule has 0 radical (unpaired) electrons. The van der Waals surface area contributed by atoms with Crippen LogP contribution in [0.5, 0.6) is 11.5 Å². The second kappa shape index (κ2) is 8.51. The molecule has 3 heterocycles. The first-order valence-electron chi connectivity index (χ1n) is 10.4. The molecule has 1 N–H and O–H groups in total. The van der Waals surface area contributed by atoms with Crippen molar-refractivity contribution < 1.29 is 22.3 Å². The average Bonchev–Trinajstić information content (AvgIpc) is 3.22. The monoisotopic (exact) mass is 475 g/mol. The number of hydrogen-bond donors (Lipinski definition) is 1. The fourth-order valence-corrected chi connectivity index (χ4v) is 3.92. The maximum absolute atomic E-state index is 13.8. The number of benzene rings is 1. The number of nitrogens with zero attached hydrogens (tertiary/aromatic N) is 2. The van der Waals surface area contributed by atoms with Gasteiger partial charge in [-0.2, -0.15) is 13.2 Å². The number of pyridine rings is 2. The first kappa shape index (κ1) is 23.3. The van der Waals surface area contributed by atoms with Crippen LogP contribution in [0.1, 0.15) is 17.5 Å². The minimum atomic E-state index is -4.45. The van der Waals surface area contributed by atoms with E-state index in [0.29, 0.717) is 33.3 Å². The molecule has 178 valence electrons. The molecule has 0 atom stereocenters. The molecule has 0 unspecified atom stereocenters. The SMILES string of the molecule is Cc1cc(F)cc(C)c1Oc1cn(CCC(F)(F)F)c(=O)cc1-c1cn(C)c(=O)c2[nH]ccc12. The Hall–Kier alpha value is -3.82. The minimum Gasteiger partial charge on any atom is -0.455 e. The Labute approximate surface area is 191 Å². The summed E-state index contributed by atoms with van der Waals surface area (Å²) in [5, 5.41) is 0.521. The van der Waals surface area contributed by atoms with Crippen molar-refractivity contribution in [2.75, 3.05) is 0 Å². The number of nitrogens with one attached hydrogen (secondary N) is 1. The summed E-state index contributed by atoms with van der Waals surface area (Å²) in [5.41, 5.74) is 1.09. The maximum atomic E-state index is 13.8. The van der Waals surface area contributed by atoms with Gasteiger partial charge in [0.2, 0.25) is 0 Å². The van der Waals surface area contributed by atoms with Crippen LogP contribution in [0.3, 0.4) is 0 Å². The quantitative estimate of drug-likeness (QED) is 0.404. The number of H-pyrrole nitrogens is 1. The summed E-state index contributed by atoms with van der Waals surface area (Å²) in [6, 6.07) is 5.40. The van der Waals surface area contributed by atoms with Crippen LogP contribution in [0, 0.1) is 19.7 Å². The Morgan fingerprint density at radius 1 is 1.03 bits per heavy atom. The highest BCUT2D eigenvalue weighted by molar-refractivity contribution is 5.95. The van der Waals surface area contributed by atoms with Crippen LogP contribution in [0.2, 0.25) is 0 Å². The maximum Gasteiger partial charge on any atom is 0.390 e. The number of halogens is 4. The fourth-order valence-electron chi connectivity index (χ4n) is 3.92. The molecule has 0 fully saturated rings. The van der Waals surface area contributed by atoms with Crippen molar-refractivity contribution in [3.63, 3.8) is 0 Å². The number of aromatic nitrogens is 3. The molecule has 0 aliphatic rings. The van der Waals surface area contributed by atoms with Crippen LogP contribution >= 0.6 is 0 Å². The predicted molar refractivity (Wildman–Crippen MR) is 120 cm³/mol. The lowest BCUT2D eigenvalue weighted by molar-refractivity contribution is -0.136. The number of aryl methyl sites for hydroxylation is 4. The molecule has 1 aromatic carbocycles. The highest BCUT2D eigenvalue weighted by atomic mass is 19.4. The van der Waals surface area contributed by atoms with E-state index < -0.39 is 30.5 Å². The summed E-state index contributed by atoms with van der Waals surface area (Å²) in [4.78, 5) is 28.1. The van der Waals surface area contributed by atoms with Crippen molar-refractivity contribution in [3.05, 3.63) is 80.5 Å². The zero-order valence-corrected chi connectivity index (χ0v) is 18.6. The Balaban J connectivity index is 1.94. The topological polar surface area (TPSA) is 69.0 Å². The van der Waals surface area contributed by atoms with Crippen molar-refractivity contribution in [1.29, 1.82) is 0 Å². The van der Waals surface area contributed by atoms with E-state index in [4.69, 9.17) is 4.74 Å². The number of hydrogen-bond acceptors (Lipinski definition) is 3. The van der Waals surface area contributed by atoms with Crippen LogP contribution in [0.25, 0.3) is 22.0 Å². The van der Waals surface area contributed by atoms with Gasteiger partial charge in [-0.1, -0.05) is 0 Å². The molecule has 4 aromatic rings. The summed E-state index contributed by atoms with van der Waals surface area (Å²) in [6.45, 7) is 2.69. The molecular weight excluding hydrogens is 454 g/mol. The first-order chi connectivity index (χ1) is 15.9. The van der Waals surface area contributed by atoms with E-state index >= 15 is 0 Å². The molecule has 0 aliphatic heterocycles. The summed E-state index contributed by atoms with van der Waals surface area (Å²) in [5.74, 6) is -0.0376. The third-order valence-electron chi connectivity index (χ3n) is 5.55. The van der Waals surface area contributed by atoms with Crippen LogP contribution in [-0.2, 0) is 13.6 Å². The average molecular weight is 475 g/mol. The Bertz CT molecular complexity index is 1490. The highest BCUT2D eigenvalue weighted by Gasteiger charge is 2.27. The van der Waals surface area contributed by atoms with Crippen LogP contribution in [0.15, 0.2) is 52.4 Å². The summed E-state index contributed by atoms with van der Waals surface area (Å²) < 4.78 is 60.6. The molecule has 0 saturated carbocycles. The van der Waals surface area contributed by atoms with Gasteiger partial charge in [0.25, 0.3) is 11.1 Å². The lowest BCUT2D eigenvalue weighted by Crippen LogP contribution is -2.23. The van der Waals surface area contributed by atoms with Gasteiger partial charge in [-0.05, 0) is 43.2 Å². The van der Waals surface area contributed by atoms with Gasteiger partial charge in [0.1, 0.15) is 17.1 Å². The van der Waals surface area contributed by atoms with E-state index in [0.717, 1.165) is 4.57 Å².